The molecule has 1 fully saturated rings. The third-order valence-corrected chi connectivity index (χ3v) is 3.33. The van der Waals surface area contributed by atoms with Gasteiger partial charge in [-0.1, -0.05) is 12.1 Å². The maximum Gasteiger partial charge on any atom is 0.122 e. The highest BCUT2D eigenvalue weighted by molar-refractivity contribution is 5.42. The molecule has 1 aromatic carbocycles. The van der Waals surface area contributed by atoms with Gasteiger partial charge in [0.15, 0.2) is 0 Å². The zero-order chi connectivity index (χ0) is 10.9. The Kier molecular flexibility index (Phi) is 2.70. The third kappa shape index (κ3) is 1.86. The minimum absolute atomic E-state index is 0.287. The van der Waals surface area contributed by atoms with Crippen molar-refractivity contribution in [1.82, 2.24) is 0 Å². The van der Waals surface area contributed by atoms with Crippen LogP contribution in [0.2, 0.25) is 0 Å². The fourth-order valence-corrected chi connectivity index (χ4v) is 2.06. The van der Waals surface area contributed by atoms with Crippen molar-refractivity contribution in [2.45, 2.75) is 32.1 Å². The van der Waals surface area contributed by atoms with Crippen LogP contribution in [0.1, 0.15) is 30.9 Å². The van der Waals surface area contributed by atoms with E-state index >= 15 is 0 Å². The van der Waals surface area contributed by atoms with E-state index in [1.54, 1.807) is 0 Å². The van der Waals surface area contributed by atoms with E-state index in [0.29, 0.717) is 0 Å². The van der Waals surface area contributed by atoms with Gasteiger partial charge in [-0.3, -0.25) is 0 Å². The van der Waals surface area contributed by atoms with Gasteiger partial charge in [-0.15, -0.1) is 0 Å². The molecule has 1 aliphatic carbocycles. The fraction of sp³-hybridized carbons (Fsp3) is 0.538. The van der Waals surface area contributed by atoms with Crippen LogP contribution in [0.15, 0.2) is 18.2 Å². The maximum atomic E-state index is 5.82. The molecule has 0 amide bonds. The van der Waals surface area contributed by atoms with Crippen LogP contribution in [-0.2, 0) is 5.41 Å². The lowest BCUT2D eigenvalue weighted by Crippen LogP contribution is -2.19. The van der Waals surface area contributed by atoms with Crippen LogP contribution >= 0.6 is 0 Å². The van der Waals surface area contributed by atoms with Gasteiger partial charge in [0.25, 0.3) is 0 Å². The van der Waals surface area contributed by atoms with E-state index < -0.39 is 0 Å². The van der Waals surface area contributed by atoms with Crippen molar-refractivity contribution in [2.24, 2.45) is 5.73 Å². The van der Waals surface area contributed by atoms with Crippen molar-refractivity contribution in [3.8, 4) is 5.75 Å². The second kappa shape index (κ2) is 3.86. The lowest BCUT2D eigenvalue weighted by molar-refractivity contribution is 0.337. The molecule has 15 heavy (non-hydrogen) atoms. The number of aryl methyl sites for hydroxylation is 1. The Balaban J connectivity index is 2.25. The first-order valence-electron chi connectivity index (χ1n) is 5.66. The Hall–Kier alpha value is -1.02. The largest absolute Gasteiger partial charge is 0.494 e. The van der Waals surface area contributed by atoms with Crippen molar-refractivity contribution < 1.29 is 4.74 Å². The highest BCUT2D eigenvalue weighted by Crippen LogP contribution is 2.47. The first-order chi connectivity index (χ1) is 7.22. The summed E-state index contributed by atoms with van der Waals surface area (Å²) in [4.78, 5) is 0. The van der Waals surface area contributed by atoms with Gasteiger partial charge in [-0.2, -0.15) is 0 Å². The number of rotatable bonds is 4. The zero-order valence-corrected chi connectivity index (χ0v) is 9.55. The Bertz CT molecular complexity index is 356. The second-order valence-corrected chi connectivity index (χ2v) is 4.40. The number of nitrogens with two attached hydrogens (primary N) is 1. The van der Waals surface area contributed by atoms with Crippen molar-refractivity contribution in [2.75, 3.05) is 13.2 Å². The quantitative estimate of drug-likeness (QED) is 0.819. The first-order valence-corrected chi connectivity index (χ1v) is 5.66. The van der Waals surface area contributed by atoms with Crippen molar-refractivity contribution >= 4 is 0 Å². The zero-order valence-electron chi connectivity index (χ0n) is 9.55. The van der Waals surface area contributed by atoms with Gasteiger partial charge >= 0.3 is 0 Å². The van der Waals surface area contributed by atoms with Gasteiger partial charge in [0.05, 0.1) is 6.61 Å². The predicted octanol–water partition coefficient (Wildman–Crippen LogP) is 2.38. The molecule has 1 aromatic rings. The summed E-state index contributed by atoms with van der Waals surface area (Å²) in [6.45, 7) is 5.60. The van der Waals surface area contributed by atoms with Crippen LogP contribution in [0.4, 0.5) is 0 Å². The molecule has 0 aromatic heterocycles. The summed E-state index contributed by atoms with van der Waals surface area (Å²) in [7, 11) is 0. The van der Waals surface area contributed by atoms with Crippen LogP contribution in [0.5, 0.6) is 5.75 Å². The molecule has 2 heteroatoms. The monoisotopic (exact) mass is 205 g/mol. The highest BCUT2D eigenvalue weighted by atomic mass is 16.5. The SMILES string of the molecule is CCOc1ccc(C2(CN)CC2)cc1C. The number of hydrogen-bond acceptors (Lipinski definition) is 2. The fourth-order valence-electron chi connectivity index (χ4n) is 2.06. The molecule has 0 saturated heterocycles. The highest BCUT2D eigenvalue weighted by Gasteiger charge is 2.42. The van der Waals surface area contributed by atoms with E-state index in [9.17, 15) is 0 Å². The Morgan fingerprint density at radius 3 is 2.60 bits per heavy atom. The van der Waals surface area contributed by atoms with Gasteiger partial charge in [0, 0.05) is 12.0 Å². The van der Waals surface area contributed by atoms with Crippen LogP contribution < -0.4 is 10.5 Å². The van der Waals surface area contributed by atoms with Crippen molar-refractivity contribution in [1.29, 1.82) is 0 Å². The molecule has 0 heterocycles. The molecular formula is C13H19NO. The second-order valence-electron chi connectivity index (χ2n) is 4.40. The minimum Gasteiger partial charge on any atom is -0.494 e. The molecule has 0 bridgehead atoms. The normalized spacial score (nSPS) is 17.5. The van der Waals surface area contributed by atoms with E-state index in [0.717, 1.165) is 18.9 Å². The molecule has 82 valence electrons. The molecule has 0 aliphatic heterocycles. The molecule has 2 N–H and O–H groups in total. The summed E-state index contributed by atoms with van der Waals surface area (Å²) >= 11 is 0. The molecular weight excluding hydrogens is 186 g/mol. The molecule has 1 saturated carbocycles. The van der Waals surface area contributed by atoms with Gasteiger partial charge in [-0.05, 0) is 43.9 Å². The first kappa shape index (κ1) is 10.5. The minimum atomic E-state index is 0.287. The van der Waals surface area contributed by atoms with Gasteiger partial charge in [0.1, 0.15) is 5.75 Å². The summed E-state index contributed by atoms with van der Waals surface area (Å²) < 4.78 is 5.53. The number of ether oxygens (including phenoxy) is 1. The smallest absolute Gasteiger partial charge is 0.122 e. The lowest BCUT2D eigenvalue weighted by Gasteiger charge is -2.15. The third-order valence-electron chi connectivity index (χ3n) is 3.33. The average molecular weight is 205 g/mol. The summed E-state index contributed by atoms with van der Waals surface area (Å²) in [5, 5.41) is 0. The Morgan fingerprint density at radius 2 is 2.13 bits per heavy atom. The summed E-state index contributed by atoms with van der Waals surface area (Å²) in [6.07, 6.45) is 2.47. The van der Waals surface area contributed by atoms with Crippen molar-refractivity contribution in [3.05, 3.63) is 29.3 Å². The van der Waals surface area contributed by atoms with Gasteiger partial charge < -0.3 is 10.5 Å². The summed E-state index contributed by atoms with van der Waals surface area (Å²) in [5.74, 6) is 0.995. The summed E-state index contributed by atoms with van der Waals surface area (Å²) in [5.41, 5.74) is 8.70. The van der Waals surface area contributed by atoms with E-state index in [-0.39, 0.29) is 5.41 Å². The molecule has 2 rings (SSSR count). The maximum absolute atomic E-state index is 5.82. The van der Waals surface area contributed by atoms with Gasteiger partial charge in [0.2, 0.25) is 0 Å². The standard InChI is InChI=1S/C13H19NO/c1-3-15-12-5-4-11(8-10(12)2)13(9-14)6-7-13/h4-5,8H,3,6-7,9,14H2,1-2H3. The van der Waals surface area contributed by atoms with E-state index in [1.807, 2.05) is 6.92 Å². The van der Waals surface area contributed by atoms with E-state index in [4.69, 9.17) is 10.5 Å². The molecule has 0 radical (unpaired) electrons. The van der Waals surface area contributed by atoms with Crippen LogP contribution in [0.3, 0.4) is 0 Å². The number of benzene rings is 1. The van der Waals surface area contributed by atoms with Crippen LogP contribution in [0.25, 0.3) is 0 Å². The molecule has 2 nitrogen and oxygen atoms in total. The molecule has 0 unspecified atom stereocenters. The molecule has 0 atom stereocenters. The van der Waals surface area contributed by atoms with Gasteiger partial charge in [-0.25, -0.2) is 0 Å². The van der Waals surface area contributed by atoms with Crippen molar-refractivity contribution in [3.63, 3.8) is 0 Å². The average Bonchev–Trinajstić information content (AvgIpc) is 3.02. The Labute approximate surface area is 91.4 Å². The predicted molar refractivity (Wildman–Crippen MR) is 62.3 cm³/mol. The van der Waals surface area contributed by atoms with E-state index in [1.165, 1.54) is 24.0 Å². The topological polar surface area (TPSA) is 35.2 Å². The Morgan fingerprint density at radius 1 is 1.40 bits per heavy atom. The van der Waals surface area contributed by atoms with E-state index in [2.05, 4.69) is 25.1 Å². The summed E-state index contributed by atoms with van der Waals surface area (Å²) in [6, 6.07) is 6.46. The molecule has 0 spiro atoms. The van der Waals surface area contributed by atoms with Crippen LogP contribution in [0, 0.1) is 6.92 Å². The number of hydrogen-bond donors (Lipinski definition) is 1. The lowest BCUT2D eigenvalue weighted by atomic mass is 9.94. The van der Waals surface area contributed by atoms with Crippen LogP contribution in [-0.4, -0.2) is 13.2 Å². The molecule has 1 aliphatic rings.